The molecule has 8 nitrogen and oxygen atoms in total. The van der Waals surface area contributed by atoms with E-state index < -0.39 is 15.9 Å². The van der Waals surface area contributed by atoms with Crippen LogP contribution >= 0.6 is 22.9 Å². The van der Waals surface area contributed by atoms with Gasteiger partial charge in [0.1, 0.15) is 5.75 Å². The highest BCUT2D eigenvalue weighted by Gasteiger charge is 2.28. The van der Waals surface area contributed by atoms with E-state index in [-0.39, 0.29) is 15.5 Å². The molecule has 1 aliphatic carbocycles. The standard InChI is InChI=1S/C20H19ClN4O4S2/c1-29-15-9-10-16-13(11-15)3-2-4-17(16)25-31(27,28)20-24-23-19(30-20)22-18(26)12-5-7-14(21)8-6-12/h5-11,17,25H,2-4H2,1H3,(H,22,23,26)/t17-/m0/s1. The molecule has 2 N–H and O–H groups in total. The van der Waals surface area contributed by atoms with E-state index in [1.165, 1.54) is 0 Å². The van der Waals surface area contributed by atoms with Gasteiger partial charge in [-0.3, -0.25) is 10.1 Å². The Morgan fingerprint density at radius 3 is 2.71 bits per heavy atom. The van der Waals surface area contributed by atoms with E-state index in [0.717, 1.165) is 41.1 Å². The zero-order valence-electron chi connectivity index (χ0n) is 16.5. The lowest BCUT2D eigenvalue weighted by atomic mass is 9.88. The maximum absolute atomic E-state index is 12.9. The Morgan fingerprint density at radius 1 is 1.19 bits per heavy atom. The second kappa shape index (κ2) is 8.91. The molecule has 4 rings (SSSR count). The fourth-order valence-corrected chi connectivity index (χ4v) is 5.70. The van der Waals surface area contributed by atoms with Gasteiger partial charge in [-0.15, -0.1) is 10.2 Å². The number of rotatable bonds is 6. The number of carbonyl (C=O) groups is 1. The van der Waals surface area contributed by atoms with E-state index in [0.29, 0.717) is 17.0 Å². The zero-order valence-corrected chi connectivity index (χ0v) is 18.9. The van der Waals surface area contributed by atoms with Crippen LogP contribution in [0, 0.1) is 0 Å². The molecule has 1 atom stereocenters. The third-order valence-electron chi connectivity index (χ3n) is 4.93. The molecule has 0 spiro atoms. The number of sulfonamides is 1. The third kappa shape index (κ3) is 4.87. The molecular weight excluding hydrogens is 460 g/mol. The average Bonchev–Trinajstić information content (AvgIpc) is 3.23. The first kappa shape index (κ1) is 21.7. The van der Waals surface area contributed by atoms with Crippen molar-refractivity contribution in [2.75, 3.05) is 12.4 Å². The molecule has 0 unspecified atom stereocenters. The molecule has 11 heteroatoms. The molecule has 0 aliphatic heterocycles. The van der Waals surface area contributed by atoms with Crippen LogP contribution in [0.3, 0.4) is 0 Å². The molecule has 31 heavy (non-hydrogen) atoms. The number of nitrogens with zero attached hydrogens (tertiary/aromatic N) is 2. The van der Waals surface area contributed by atoms with Crippen LogP contribution in [0.2, 0.25) is 5.02 Å². The van der Waals surface area contributed by atoms with Gasteiger partial charge in [0, 0.05) is 16.6 Å². The van der Waals surface area contributed by atoms with E-state index in [2.05, 4.69) is 20.2 Å². The quantitative estimate of drug-likeness (QED) is 0.521. The van der Waals surface area contributed by atoms with Crippen molar-refractivity contribution in [3.05, 3.63) is 64.2 Å². The van der Waals surface area contributed by atoms with Gasteiger partial charge in [0.2, 0.25) is 9.47 Å². The number of nitrogens with one attached hydrogen (secondary N) is 2. The number of hydrogen-bond acceptors (Lipinski definition) is 7. The molecule has 1 amide bonds. The van der Waals surface area contributed by atoms with Gasteiger partial charge in [-0.05, 0) is 66.8 Å². The highest BCUT2D eigenvalue weighted by atomic mass is 35.5. The van der Waals surface area contributed by atoms with Gasteiger partial charge in [0.05, 0.1) is 7.11 Å². The molecule has 2 aromatic carbocycles. The first-order chi connectivity index (χ1) is 14.9. The maximum Gasteiger partial charge on any atom is 0.270 e. The van der Waals surface area contributed by atoms with E-state index in [4.69, 9.17) is 16.3 Å². The number of ether oxygens (including phenoxy) is 1. The van der Waals surface area contributed by atoms with Crippen molar-refractivity contribution in [2.24, 2.45) is 0 Å². The molecule has 0 saturated heterocycles. The largest absolute Gasteiger partial charge is 0.497 e. The smallest absolute Gasteiger partial charge is 0.270 e. The molecule has 0 fully saturated rings. The maximum atomic E-state index is 12.9. The summed E-state index contributed by atoms with van der Waals surface area (Å²) in [6, 6.07) is 11.6. The molecule has 0 saturated carbocycles. The molecule has 162 valence electrons. The van der Waals surface area contributed by atoms with Crippen molar-refractivity contribution < 1.29 is 17.9 Å². The normalized spacial score (nSPS) is 15.9. The second-order valence-electron chi connectivity index (χ2n) is 6.96. The van der Waals surface area contributed by atoms with Gasteiger partial charge in [-0.2, -0.15) is 0 Å². The minimum atomic E-state index is -3.91. The summed E-state index contributed by atoms with van der Waals surface area (Å²) in [6.07, 6.45) is 2.40. The van der Waals surface area contributed by atoms with E-state index in [1.54, 1.807) is 31.4 Å². The van der Waals surface area contributed by atoms with Gasteiger partial charge < -0.3 is 4.74 Å². The van der Waals surface area contributed by atoms with Crippen LogP contribution in [-0.4, -0.2) is 31.6 Å². The van der Waals surface area contributed by atoms with E-state index in [1.807, 2.05) is 18.2 Å². The van der Waals surface area contributed by atoms with Gasteiger partial charge >= 0.3 is 0 Å². The number of benzene rings is 2. The number of hydrogen-bond donors (Lipinski definition) is 2. The lowest BCUT2D eigenvalue weighted by Crippen LogP contribution is -2.31. The average molecular weight is 479 g/mol. The monoisotopic (exact) mass is 478 g/mol. The minimum absolute atomic E-state index is 0.0918. The van der Waals surface area contributed by atoms with Crippen LogP contribution in [0.5, 0.6) is 5.75 Å². The minimum Gasteiger partial charge on any atom is -0.497 e. The predicted octanol–water partition coefficient (Wildman–Crippen LogP) is 3.81. The van der Waals surface area contributed by atoms with Crippen molar-refractivity contribution in [3.8, 4) is 5.75 Å². The number of amides is 1. The Labute approximate surface area is 188 Å². The Balaban J connectivity index is 1.49. The zero-order chi connectivity index (χ0) is 22.0. The molecule has 1 aliphatic rings. The Hall–Kier alpha value is -2.53. The Bertz CT molecular complexity index is 1210. The molecular formula is C20H19ClN4O4S2. The predicted molar refractivity (Wildman–Crippen MR) is 118 cm³/mol. The first-order valence-corrected chi connectivity index (χ1v) is 12.1. The number of anilines is 1. The summed E-state index contributed by atoms with van der Waals surface area (Å²) in [4.78, 5) is 12.3. The number of methoxy groups -OCH3 is 1. The SMILES string of the molecule is COc1ccc2c(c1)CCC[C@@H]2NS(=O)(=O)c1nnc(NC(=O)c2ccc(Cl)cc2)s1. The van der Waals surface area contributed by atoms with Gasteiger partial charge in [0.25, 0.3) is 15.9 Å². The lowest BCUT2D eigenvalue weighted by molar-refractivity contribution is 0.102. The topological polar surface area (TPSA) is 110 Å². The molecule has 0 bridgehead atoms. The van der Waals surface area contributed by atoms with Crippen LogP contribution in [0.4, 0.5) is 5.13 Å². The fourth-order valence-electron chi connectivity index (χ4n) is 3.42. The van der Waals surface area contributed by atoms with Crippen LogP contribution in [0.1, 0.15) is 40.4 Å². The van der Waals surface area contributed by atoms with Crippen molar-refractivity contribution in [3.63, 3.8) is 0 Å². The molecule has 1 aromatic heterocycles. The number of aromatic nitrogens is 2. The van der Waals surface area contributed by atoms with Crippen molar-refractivity contribution >= 4 is 44.0 Å². The second-order valence-corrected chi connectivity index (χ2v) is 10.3. The fraction of sp³-hybridized carbons (Fsp3) is 0.250. The van der Waals surface area contributed by atoms with Gasteiger partial charge in [-0.25, -0.2) is 13.1 Å². The van der Waals surface area contributed by atoms with Crippen LogP contribution in [-0.2, 0) is 16.4 Å². The molecule has 1 heterocycles. The molecule has 3 aromatic rings. The summed E-state index contributed by atoms with van der Waals surface area (Å²) in [5.74, 6) is 0.312. The van der Waals surface area contributed by atoms with E-state index >= 15 is 0 Å². The number of carbonyl (C=O) groups excluding carboxylic acids is 1. The highest BCUT2D eigenvalue weighted by molar-refractivity contribution is 7.91. The number of aryl methyl sites for hydroxylation is 1. The van der Waals surface area contributed by atoms with Gasteiger partial charge in [0.15, 0.2) is 0 Å². The van der Waals surface area contributed by atoms with Crippen molar-refractivity contribution in [1.29, 1.82) is 0 Å². The van der Waals surface area contributed by atoms with Crippen LogP contribution in [0.15, 0.2) is 46.8 Å². The van der Waals surface area contributed by atoms with Crippen LogP contribution < -0.4 is 14.8 Å². The summed E-state index contributed by atoms with van der Waals surface area (Å²) >= 11 is 6.62. The molecule has 0 radical (unpaired) electrons. The van der Waals surface area contributed by atoms with Crippen molar-refractivity contribution in [1.82, 2.24) is 14.9 Å². The number of halogens is 1. The number of fused-ring (bicyclic) bond motifs is 1. The van der Waals surface area contributed by atoms with Crippen molar-refractivity contribution in [2.45, 2.75) is 29.6 Å². The summed E-state index contributed by atoms with van der Waals surface area (Å²) in [7, 11) is -2.31. The Kier molecular flexibility index (Phi) is 6.24. The lowest BCUT2D eigenvalue weighted by Gasteiger charge is -2.26. The summed E-state index contributed by atoms with van der Waals surface area (Å²) in [6.45, 7) is 0. The summed E-state index contributed by atoms with van der Waals surface area (Å²) < 4.78 is 33.5. The highest BCUT2D eigenvalue weighted by Crippen LogP contribution is 2.33. The first-order valence-electron chi connectivity index (χ1n) is 9.45. The summed E-state index contributed by atoms with van der Waals surface area (Å²) in [5.41, 5.74) is 2.36. The Morgan fingerprint density at radius 2 is 1.97 bits per heavy atom. The summed E-state index contributed by atoms with van der Waals surface area (Å²) in [5, 5.41) is 10.7. The van der Waals surface area contributed by atoms with E-state index in [9.17, 15) is 13.2 Å². The van der Waals surface area contributed by atoms with Gasteiger partial charge in [-0.1, -0.05) is 29.0 Å². The third-order valence-corrected chi connectivity index (χ3v) is 7.85. The van der Waals surface area contributed by atoms with Crippen LogP contribution in [0.25, 0.3) is 0 Å².